The van der Waals surface area contributed by atoms with Gasteiger partial charge in [0.2, 0.25) is 0 Å². The van der Waals surface area contributed by atoms with Gasteiger partial charge < -0.3 is 24.2 Å². The van der Waals surface area contributed by atoms with Crippen molar-refractivity contribution in [2.24, 2.45) is 0 Å². The van der Waals surface area contributed by atoms with E-state index in [-0.39, 0.29) is 18.6 Å². The minimum absolute atomic E-state index is 0.0785. The van der Waals surface area contributed by atoms with Crippen LogP contribution in [0.5, 0.6) is 0 Å². The molecule has 3 rings (SSSR count). The first kappa shape index (κ1) is 18.3. The van der Waals surface area contributed by atoms with Gasteiger partial charge in [0.15, 0.2) is 5.82 Å². The van der Waals surface area contributed by atoms with Crippen LogP contribution < -0.4 is 5.32 Å². The molecule has 1 aliphatic heterocycles. The molecule has 0 bridgehead atoms. The maximum absolute atomic E-state index is 12.4. The van der Waals surface area contributed by atoms with Gasteiger partial charge in [-0.3, -0.25) is 0 Å². The number of likely N-dealkylation sites (tertiary alicyclic amines) is 1. The molecule has 0 aliphatic carbocycles. The zero-order valence-corrected chi connectivity index (χ0v) is 15.1. The molecule has 2 amide bonds. The number of anilines is 1. The molecule has 1 saturated heterocycles. The Morgan fingerprint density at radius 3 is 3.12 bits per heavy atom. The van der Waals surface area contributed by atoms with E-state index in [9.17, 15) is 4.79 Å². The fourth-order valence-corrected chi connectivity index (χ4v) is 2.88. The lowest BCUT2D eigenvalue weighted by molar-refractivity contribution is 0.0494. The third-order valence-electron chi connectivity index (χ3n) is 4.25. The van der Waals surface area contributed by atoms with Crippen molar-refractivity contribution >= 4 is 11.7 Å². The van der Waals surface area contributed by atoms with Gasteiger partial charge in [-0.25, -0.2) is 4.79 Å². The van der Waals surface area contributed by atoms with Crippen LogP contribution in [0, 0.1) is 6.92 Å². The minimum Gasteiger partial charge on any atom is -0.382 e. The Morgan fingerprint density at radius 2 is 2.31 bits per heavy atom. The molecule has 1 N–H and O–H groups in total. The van der Waals surface area contributed by atoms with Crippen molar-refractivity contribution in [2.75, 3.05) is 38.7 Å². The van der Waals surface area contributed by atoms with E-state index in [1.807, 2.05) is 31.2 Å². The standard InChI is InChI=1S/C18H24N4O4/c1-13-4-3-5-15(10-13)19-18(23)22-7-6-14(11-22)17-20-16(26-21-17)12-25-9-8-24-2/h3-5,10,14H,6-9,11-12H2,1-2H3,(H,19,23). The van der Waals surface area contributed by atoms with E-state index in [1.165, 1.54) is 0 Å². The predicted octanol–water partition coefficient (Wildman–Crippen LogP) is 2.56. The van der Waals surface area contributed by atoms with Gasteiger partial charge in [-0.1, -0.05) is 17.3 Å². The van der Waals surface area contributed by atoms with E-state index in [4.69, 9.17) is 14.0 Å². The molecule has 1 aliphatic rings. The van der Waals surface area contributed by atoms with Crippen LogP contribution in [0.1, 0.15) is 29.6 Å². The van der Waals surface area contributed by atoms with Crippen molar-refractivity contribution in [1.82, 2.24) is 15.0 Å². The van der Waals surface area contributed by atoms with Gasteiger partial charge in [-0.2, -0.15) is 4.98 Å². The highest BCUT2D eigenvalue weighted by Gasteiger charge is 2.30. The summed E-state index contributed by atoms with van der Waals surface area (Å²) in [6, 6.07) is 7.64. The van der Waals surface area contributed by atoms with E-state index in [0.717, 1.165) is 17.7 Å². The van der Waals surface area contributed by atoms with Crippen molar-refractivity contribution in [2.45, 2.75) is 25.9 Å². The summed E-state index contributed by atoms with van der Waals surface area (Å²) in [4.78, 5) is 18.6. The number of ether oxygens (including phenoxy) is 2. The maximum atomic E-state index is 12.4. The molecule has 1 atom stereocenters. The first-order valence-electron chi connectivity index (χ1n) is 8.67. The highest BCUT2D eigenvalue weighted by molar-refractivity contribution is 5.89. The lowest BCUT2D eigenvalue weighted by Crippen LogP contribution is -2.32. The molecule has 1 unspecified atom stereocenters. The Kier molecular flexibility index (Phi) is 6.19. The maximum Gasteiger partial charge on any atom is 0.321 e. The molecule has 1 aromatic heterocycles. The molecule has 2 heterocycles. The number of nitrogens with zero attached hydrogens (tertiary/aromatic N) is 3. The first-order valence-corrected chi connectivity index (χ1v) is 8.67. The number of aromatic nitrogens is 2. The van der Waals surface area contributed by atoms with E-state index in [2.05, 4.69) is 15.5 Å². The average Bonchev–Trinajstić information content (AvgIpc) is 3.28. The lowest BCUT2D eigenvalue weighted by Gasteiger charge is -2.17. The Morgan fingerprint density at radius 1 is 1.42 bits per heavy atom. The number of benzene rings is 1. The van der Waals surface area contributed by atoms with Crippen LogP contribution in [0.25, 0.3) is 0 Å². The number of methoxy groups -OCH3 is 1. The molecule has 26 heavy (non-hydrogen) atoms. The number of hydrogen-bond acceptors (Lipinski definition) is 6. The summed E-state index contributed by atoms with van der Waals surface area (Å²) >= 11 is 0. The molecule has 140 valence electrons. The Bertz CT molecular complexity index is 733. The topological polar surface area (TPSA) is 89.7 Å². The minimum atomic E-state index is -0.107. The molecular weight excluding hydrogens is 336 g/mol. The normalized spacial score (nSPS) is 16.8. The summed E-state index contributed by atoms with van der Waals surface area (Å²) in [5.74, 6) is 1.15. The molecule has 1 fully saturated rings. The largest absolute Gasteiger partial charge is 0.382 e. The molecule has 0 radical (unpaired) electrons. The number of hydrogen-bond donors (Lipinski definition) is 1. The van der Waals surface area contributed by atoms with Gasteiger partial charge in [-0.15, -0.1) is 0 Å². The number of carbonyl (C=O) groups is 1. The SMILES string of the molecule is COCCOCc1nc(C2CCN(C(=O)Nc3cccc(C)c3)C2)no1. The molecule has 2 aromatic rings. The highest BCUT2D eigenvalue weighted by Crippen LogP contribution is 2.25. The third kappa shape index (κ3) is 4.80. The summed E-state index contributed by atoms with van der Waals surface area (Å²) in [6.07, 6.45) is 0.810. The van der Waals surface area contributed by atoms with E-state index in [0.29, 0.717) is 38.0 Å². The van der Waals surface area contributed by atoms with E-state index in [1.54, 1.807) is 12.0 Å². The van der Waals surface area contributed by atoms with Crippen LogP contribution in [0.15, 0.2) is 28.8 Å². The van der Waals surface area contributed by atoms with Gasteiger partial charge in [0, 0.05) is 31.8 Å². The molecular formula is C18H24N4O4. The molecule has 0 spiro atoms. The molecule has 0 saturated carbocycles. The smallest absolute Gasteiger partial charge is 0.321 e. The second-order valence-electron chi connectivity index (χ2n) is 6.32. The van der Waals surface area contributed by atoms with Crippen molar-refractivity contribution < 1.29 is 18.8 Å². The number of urea groups is 1. The summed E-state index contributed by atoms with van der Waals surface area (Å²) < 4.78 is 15.5. The summed E-state index contributed by atoms with van der Waals surface area (Å²) in [5.41, 5.74) is 1.91. The van der Waals surface area contributed by atoms with Crippen molar-refractivity contribution in [3.05, 3.63) is 41.5 Å². The number of aryl methyl sites for hydroxylation is 1. The number of rotatable bonds is 7. The second-order valence-corrected chi connectivity index (χ2v) is 6.32. The summed E-state index contributed by atoms with van der Waals surface area (Å²) in [7, 11) is 1.62. The second kappa shape index (κ2) is 8.77. The number of nitrogens with one attached hydrogen (secondary N) is 1. The van der Waals surface area contributed by atoms with Crippen LogP contribution in [-0.4, -0.2) is 54.5 Å². The Balaban J connectivity index is 1.50. The summed E-state index contributed by atoms with van der Waals surface area (Å²) in [5, 5.41) is 6.96. The molecule has 1 aromatic carbocycles. The quantitative estimate of drug-likeness (QED) is 0.763. The molecule has 8 heteroatoms. The van der Waals surface area contributed by atoms with Crippen LogP contribution >= 0.6 is 0 Å². The van der Waals surface area contributed by atoms with Gasteiger partial charge in [-0.05, 0) is 31.0 Å². The zero-order valence-electron chi connectivity index (χ0n) is 15.1. The van der Waals surface area contributed by atoms with Crippen molar-refractivity contribution in [3.8, 4) is 0 Å². The van der Waals surface area contributed by atoms with Crippen LogP contribution in [0.4, 0.5) is 10.5 Å². The van der Waals surface area contributed by atoms with Gasteiger partial charge in [0.25, 0.3) is 5.89 Å². The lowest BCUT2D eigenvalue weighted by atomic mass is 10.1. The zero-order chi connectivity index (χ0) is 18.4. The summed E-state index contributed by atoms with van der Waals surface area (Å²) in [6.45, 7) is 4.49. The average molecular weight is 360 g/mol. The molecule has 8 nitrogen and oxygen atoms in total. The van der Waals surface area contributed by atoms with Crippen molar-refractivity contribution in [3.63, 3.8) is 0 Å². The van der Waals surface area contributed by atoms with Gasteiger partial charge in [0.1, 0.15) is 6.61 Å². The number of carbonyl (C=O) groups excluding carboxylic acids is 1. The van der Waals surface area contributed by atoms with Gasteiger partial charge in [0.05, 0.1) is 13.2 Å². The number of amides is 2. The fourth-order valence-electron chi connectivity index (χ4n) is 2.88. The first-order chi connectivity index (χ1) is 12.7. The van der Waals surface area contributed by atoms with Crippen molar-refractivity contribution in [1.29, 1.82) is 0 Å². The van der Waals surface area contributed by atoms with Crippen LogP contribution in [-0.2, 0) is 16.1 Å². The third-order valence-corrected chi connectivity index (χ3v) is 4.25. The monoisotopic (exact) mass is 360 g/mol. The van der Waals surface area contributed by atoms with E-state index >= 15 is 0 Å². The Hall–Kier alpha value is -2.45. The van der Waals surface area contributed by atoms with Crippen LogP contribution in [0.2, 0.25) is 0 Å². The Labute approximate surface area is 152 Å². The highest BCUT2D eigenvalue weighted by atomic mass is 16.5. The van der Waals surface area contributed by atoms with Gasteiger partial charge >= 0.3 is 6.03 Å². The van der Waals surface area contributed by atoms with E-state index < -0.39 is 0 Å². The fraction of sp³-hybridized carbons (Fsp3) is 0.500. The van der Waals surface area contributed by atoms with Crippen LogP contribution in [0.3, 0.4) is 0 Å². The predicted molar refractivity (Wildman–Crippen MR) is 95.0 cm³/mol.